The fourth-order valence-electron chi connectivity index (χ4n) is 2.07. The maximum absolute atomic E-state index is 12.3. The lowest BCUT2D eigenvalue weighted by atomic mass is 10.2. The molecule has 0 bridgehead atoms. The third kappa shape index (κ3) is 13.4. The average molecular weight is 406 g/mol. The zero-order chi connectivity index (χ0) is 20.7. The van der Waals surface area contributed by atoms with Crippen LogP contribution in [0.15, 0.2) is 25.3 Å². The Bertz CT molecular complexity index is 477. The zero-order valence-electron chi connectivity index (χ0n) is 16.1. The highest BCUT2D eigenvalue weighted by Gasteiger charge is 2.33. The van der Waals surface area contributed by atoms with Gasteiger partial charge in [0.05, 0.1) is 0 Å². The second kappa shape index (κ2) is 14.6. The van der Waals surface area contributed by atoms with E-state index in [0.29, 0.717) is 12.8 Å². The largest absolute Gasteiger partial charge is 0.478 e. The summed E-state index contributed by atoms with van der Waals surface area (Å²) in [6.45, 7) is 10.5. The predicted octanol–water partition coefficient (Wildman–Crippen LogP) is 4.39. The third-order valence-electron chi connectivity index (χ3n) is 3.42. The minimum Gasteiger partial charge on any atom is -0.432 e. The van der Waals surface area contributed by atoms with E-state index in [1.165, 1.54) is 0 Å². The van der Waals surface area contributed by atoms with Crippen molar-refractivity contribution in [1.29, 1.82) is 0 Å². The summed E-state index contributed by atoms with van der Waals surface area (Å²) < 4.78 is 32.2. The monoisotopic (exact) mass is 406 g/mol. The molecule has 0 aromatic carbocycles. The van der Waals surface area contributed by atoms with Crippen molar-refractivity contribution in [2.24, 2.45) is 0 Å². The van der Waals surface area contributed by atoms with Crippen LogP contribution in [-0.2, 0) is 32.7 Å². The lowest BCUT2D eigenvalue weighted by Gasteiger charge is -2.24. The van der Waals surface area contributed by atoms with E-state index >= 15 is 0 Å². The van der Waals surface area contributed by atoms with Gasteiger partial charge in [-0.05, 0) is 12.8 Å². The molecule has 0 spiro atoms. The quantitative estimate of drug-likeness (QED) is 0.132. The van der Waals surface area contributed by atoms with Crippen LogP contribution in [0.5, 0.6) is 0 Å². The van der Waals surface area contributed by atoms with Crippen LogP contribution in [-0.4, -0.2) is 29.4 Å². The van der Waals surface area contributed by atoms with Gasteiger partial charge in [-0.1, -0.05) is 52.7 Å². The van der Waals surface area contributed by atoms with Gasteiger partial charge in [-0.25, -0.2) is 23.2 Å². The van der Waals surface area contributed by atoms with Crippen molar-refractivity contribution >= 4 is 19.8 Å². The van der Waals surface area contributed by atoms with E-state index in [1.54, 1.807) is 0 Å². The molecule has 27 heavy (non-hydrogen) atoms. The highest BCUT2D eigenvalue weighted by molar-refractivity contribution is 7.47. The Hall–Kier alpha value is -1.47. The summed E-state index contributed by atoms with van der Waals surface area (Å²) in [4.78, 5) is 32.8. The number of carbonyl (C=O) groups is 2. The van der Waals surface area contributed by atoms with Gasteiger partial charge in [-0.15, -0.1) is 0 Å². The molecular weight excluding hydrogens is 375 g/mol. The number of unbranched alkanes of at least 4 members (excludes halogenated alkanes) is 4. The number of rotatable bonds is 16. The molecule has 0 aliphatic carbocycles. The first-order valence-corrected chi connectivity index (χ1v) is 10.6. The Balaban J connectivity index is 4.97. The van der Waals surface area contributed by atoms with E-state index in [1.807, 2.05) is 13.8 Å². The van der Waals surface area contributed by atoms with Crippen LogP contribution in [0, 0.1) is 0 Å². The molecule has 0 saturated heterocycles. The van der Waals surface area contributed by atoms with Crippen LogP contribution in [0.1, 0.15) is 65.2 Å². The molecule has 0 aliphatic heterocycles. The molecule has 2 atom stereocenters. The molecule has 2 unspecified atom stereocenters. The molecule has 156 valence electrons. The molecular formula is C18H31O8P. The lowest BCUT2D eigenvalue weighted by molar-refractivity contribution is -0.168. The van der Waals surface area contributed by atoms with Crippen molar-refractivity contribution < 1.29 is 37.6 Å². The first-order valence-electron chi connectivity index (χ1n) is 9.13. The van der Waals surface area contributed by atoms with Gasteiger partial charge in [0.15, 0.2) is 0 Å². The summed E-state index contributed by atoms with van der Waals surface area (Å²) in [7, 11) is -4.66. The fourth-order valence-corrected chi connectivity index (χ4v) is 3.01. The van der Waals surface area contributed by atoms with Gasteiger partial charge in [0.25, 0.3) is 0 Å². The molecule has 0 aromatic rings. The van der Waals surface area contributed by atoms with Gasteiger partial charge in [0.1, 0.15) is 0 Å². The highest BCUT2D eigenvalue weighted by atomic mass is 31.2. The van der Waals surface area contributed by atoms with E-state index in [-0.39, 0.29) is 12.8 Å². The molecule has 0 aromatic heterocycles. The molecule has 1 N–H and O–H groups in total. The summed E-state index contributed by atoms with van der Waals surface area (Å²) >= 11 is 0. The Labute approximate surface area is 161 Å². The van der Waals surface area contributed by atoms with Gasteiger partial charge < -0.3 is 14.4 Å². The first kappa shape index (κ1) is 25.5. The van der Waals surface area contributed by atoms with Gasteiger partial charge >= 0.3 is 19.8 Å². The van der Waals surface area contributed by atoms with Crippen molar-refractivity contribution in [2.45, 2.75) is 77.8 Å². The van der Waals surface area contributed by atoms with Crippen molar-refractivity contribution in [3.8, 4) is 0 Å². The Morgan fingerprint density at radius 3 is 1.56 bits per heavy atom. The van der Waals surface area contributed by atoms with Crippen molar-refractivity contribution in [3.05, 3.63) is 25.3 Å². The maximum Gasteiger partial charge on any atom is 0.478 e. The third-order valence-corrected chi connectivity index (χ3v) is 4.42. The fraction of sp³-hybridized carbons (Fsp3) is 0.667. The molecule has 0 heterocycles. The topological polar surface area (TPSA) is 108 Å². The summed E-state index contributed by atoms with van der Waals surface area (Å²) in [5.74, 6) is -1.57. The molecule has 0 amide bonds. The predicted molar refractivity (Wildman–Crippen MR) is 100 cm³/mol. The van der Waals surface area contributed by atoms with E-state index < -0.39 is 32.3 Å². The molecule has 0 aliphatic rings. The lowest BCUT2D eigenvalue weighted by Crippen LogP contribution is -2.23. The first-order chi connectivity index (χ1) is 12.8. The van der Waals surface area contributed by atoms with Gasteiger partial charge in [0, 0.05) is 25.0 Å². The standard InChI is InChI=1S/C18H31O8P/c1-5-9-11-13-17(23-15(19)7-3)25-27(21,22)26-18(14-12-10-6-2)24-16(20)8-4/h7-8,17-18H,3-6,9-14H2,1-2H3,(H,21,22). The molecule has 0 radical (unpaired) electrons. The maximum atomic E-state index is 12.3. The Morgan fingerprint density at radius 2 is 1.26 bits per heavy atom. The van der Waals surface area contributed by atoms with Crippen LogP contribution in [0.3, 0.4) is 0 Å². The number of hydrogen-bond donors (Lipinski definition) is 1. The number of esters is 2. The molecule has 0 fully saturated rings. The minimum absolute atomic E-state index is 0.217. The smallest absolute Gasteiger partial charge is 0.432 e. The SMILES string of the molecule is C=CC(=O)OC(CCCCC)OP(=O)(O)OC(CCCCC)OC(=O)C=C. The number of carbonyl (C=O) groups excluding carboxylic acids is 2. The summed E-state index contributed by atoms with van der Waals surface area (Å²) in [6, 6.07) is 0. The van der Waals surface area contributed by atoms with E-state index in [9.17, 15) is 19.0 Å². The minimum atomic E-state index is -4.66. The van der Waals surface area contributed by atoms with Gasteiger partial charge in [-0.3, -0.25) is 0 Å². The van der Waals surface area contributed by atoms with E-state index in [2.05, 4.69) is 13.2 Å². The van der Waals surface area contributed by atoms with Crippen molar-refractivity contribution in [2.75, 3.05) is 0 Å². The van der Waals surface area contributed by atoms with Gasteiger partial charge in [0.2, 0.25) is 12.6 Å². The van der Waals surface area contributed by atoms with E-state index in [4.69, 9.17) is 18.5 Å². The van der Waals surface area contributed by atoms with Crippen LogP contribution < -0.4 is 0 Å². The summed E-state index contributed by atoms with van der Waals surface area (Å²) in [5, 5.41) is 0. The van der Waals surface area contributed by atoms with Crippen LogP contribution in [0.4, 0.5) is 0 Å². The summed E-state index contributed by atoms with van der Waals surface area (Å²) in [5.41, 5.74) is 0. The summed E-state index contributed by atoms with van der Waals surface area (Å²) in [6.07, 6.45) is 4.47. The van der Waals surface area contributed by atoms with Crippen LogP contribution in [0.25, 0.3) is 0 Å². The normalized spacial score (nSPS) is 15.2. The zero-order valence-corrected chi connectivity index (χ0v) is 17.0. The molecule has 0 saturated carbocycles. The Kier molecular flexibility index (Phi) is 13.8. The number of phosphoric ester groups is 1. The van der Waals surface area contributed by atoms with Crippen LogP contribution in [0.2, 0.25) is 0 Å². The molecule has 0 rings (SSSR count). The number of ether oxygens (including phenoxy) is 2. The Morgan fingerprint density at radius 1 is 0.889 bits per heavy atom. The van der Waals surface area contributed by atoms with Crippen LogP contribution >= 0.6 is 7.82 Å². The number of phosphoric acid groups is 1. The second-order valence-corrected chi connectivity index (χ2v) is 7.17. The van der Waals surface area contributed by atoms with Crippen molar-refractivity contribution in [3.63, 3.8) is 0 Å². The molecule has 8 nitrogen and oxygen atoms in total. The molecule has 9 heteroatoms. The average Bonchev–Trinajstić information content (AvgIpc) is 2.60. The number of hydrogen-bond acceptors (Lipinski definition) is 7. The van der Waals surface area contributed by atoms with Crippen molar-refractivity contribution in [1.82, 2.24) is 0 Å². The van der Waals surface area contributed by atoms with Gasteiger partial charge in [-0.2, -0.15) is 0 Å². The second-order valence-electron chi connectivity index (χ2n) is 5.81. The highest BCUT2D eigenvalue weighted by Crippen LogP contribution is 2.47. The van der Waals surface area contributed by atoms with E-state index in [0.717, 1.165) is 37.8 Å².